The van der Waals surface area contributed by atoms with Crippen LogP contribution < -0.4 is 4.74 Å². The van der Waals surface area contributed by atoms with Gasteiger partial charge in [0.1, 0.15) is 18.4 Å². The molecule has 0 spiro atoms. The highest BCUT2D eigenvalue weighted by atomic mass is 35.5. The average molecular weight is 254 g/mol. The fraction of sp³-hybridized carbons (Fsp3) is 0.462. The van der Waals surface area contributed by atoms with Crippen LogP contribution in [0.3, 0.4) is 0 Å². The lowest BCUT2D eigenvalue weighted by atomic mass is 10.0. The second kappa shape index (κ2) is 6.48. The van der Waals surface area contributed by atoms with E-state index in [4.69, 9.17) is 21.6 Å². The van der Waals surface area contributed by atoms with Crippen LogP contribution in [0.15, 0.2) is 12.1 Å². The molecule has 0 aliphatic rings. The summed E-state index contributed by atoms with van der Waals surface area (Å²) in [5.74, 6) is 0.974. The molecule has 1 aromatic rings. The number of ether oxygens (including phenoxy) is 1. The smallest absolute Gasteiger partial charge is 0.140 e. The monoisotopic (exact) mass is 253 g/mol. The van der Waals surface area contributed by atoms with Gasteiger partial charge in [0.15, 0.2) is 0 Å². The third kappa shape index (κ3) is 3.92. The maximum atomic E-state index is 9.34. The molecule has 0 aliphatic heterocycles. The minimum atomic E-state index is -0.421. The minimum Gasteiger partial charge on any atom is -0.491 e. The molecule has 92 valence electrons. The Labute approximate surface area is 107 Å². The Hall–Kier alpha value is -1.24. The van der Waals surface area contributed by atoms with E-state index in [0.717, 1.165) is 11.1 Å². The highest BCUT2D eigenvalue weighted by Crippen LogP contribution is 2.25. The maximum Gasteiger partial charge on any atom is 0.140 e. The molecule has 0 saturated heterocycles. The van der Waals surface area contributed by atoms with Crippen molar-refractivity contribution in [2.24, 2.45) is 0 Å². The molecule has 1 unspecified atom stereocenters. The zero-order valence-corrected chi connectivity index (χ0v) is 10.8. The maximum absolute atomic E-state index is 9.34. The topological polar surface area (TPSA) is 53.2 Å². The number of aliphatic hydroxyl groups is 1. The molecule has 0 aliphatic carbocycles. The Bertz CT molecular complexity index is 424. The van der Waals surface area contributed by atoms with Gasteiger partial charge < -0.3 is 9.84 Å². The van der Waals surface area contributed by atoms with Gasteiger partial charge in [-0.25, -0.2) is 0 Å². The van der Waals surface area contributed by atoms with Gasteiger partial charge in [0.05, 0.1) is 17.5 Å². The van der Waals surface area contributed by atoms with Gasteiger partial charge in [-0.2, -0.15) is 5.26 Å². The van der Waals surface area contributed by atoms with Crippen molar-refractivity contribution in [3.8, 4) is 11.8 Å². The predicted octanol–water partition coefficient (Wildman–Crippen LogP) is 2.41. The molecule has 0 amide bonds. The number of halogens is 1. The van der Waals surface area contributed by atoms with E-state index < -0.39 is 6.10 Å². The van der Waals surface area contributed by atoms with E-state index in [1.54, 1.807) is 13.0 Å². The van der Waals surface area contributed by atoms with Crippen LogP contribution in [-0.2, 0) is 6.42 Å². The Balaban J connectivity index is 3.04. The average Bonchev–Trinajstić information content (AvgIpc) is 2.26. The third-order valence-corrected chi connectivity index (χ3v) is 2.46. The number of rotatable bonds is 5. The van der Waals surface area contributed by atoms with Crippen molar-refractivity contribution in [3.63, 3.8) is 0 Å². The van der Waals surface area contributed by atoms with Crippen molar-refractivity contribution in [3.05, 3.63) is 28.8 Å². The van der Waals surface area contributed by atoms with Crippen molar-refractivity contribution in [2.45, 2.75) is 26.4 Å². The van der Waals surface area contributed by atoms with E-state index in [1.807, 2.05) is 13.0 Å². The molecule has 3 nitrogen and oxygen atoms in total. The quantitative estimate of drug-likeness (QED) is 0.820. The molecule has 1 N–H and O–H groups in total. The van der Waals surface area contributed by atoms with Crippen LogP contribution in [0, 0.1) is 18.3 Å². The molecule has 1 atom stereocenters. The van der Waals surface area contributed by atoms with Crippen molar-refractivity contribution >= 4 is 11.6 Å². The van der Waals surface area contributed by atoms with E-state index in [0.29, 0.717) is 30.2 Å². The summed E-state index contributed by atoms with van der Waals surface area (Å²) in [4.78, 5) is 0. The first-order valence-corrected chi connectivity index (χ1v) is 6.02. The predicted molar refractivity (Wildman–Crippen MR) is 67.5 cm³/mol. The normalized spacial score (nSPS) is 11.9. The highest BCUT2D eigenvalue weighted by Gasteiger charge is 2.10. The summed E-state index contributed by atoms with van der Waals surface area (Å²) in [6, 6.07) is 5.79. The first-order chi connectivity index (χ1) is 8.08. The minimum absolute atomic E-state index is 0.382. The SMILES string of the molecule is Cc1cc(CC(C)O)cc(C#N)c1OCCCl. The molecule has 0 saturated carbocycles. The lowest BCUT2D eigenvalue weighted by molar-refractivity contribution is 0.195. The van der Waals surface area contributed by atoms with Gasteiger partial charge in [-0.15, -0.1) is 11.6 Å². The van der Waals surface area contributed by atoms with Gasteiger partial charge in [0, 0.05) is 0 Å². The number of alkyl halides is 1. The summed E-state index contributed by atoms with van der Waals surface area (Å²) in [7, 11) is 0. The third-order valence-electron chi connectivity index (χ3n) is 2.31. The molecule has 0 bridgehead atoms. The van der Waals surface area contributed by atoms with Crippen molar-refractivity contribution in [1.29, 1.82) is 5.26 Å². The zero-order chi connectivity index (χ0) is 12.8. The zero-order valence-electron chi connectivity index (χ0n) is 10.0. The number of aryl methyl sites for hydroxylation is 1. The van der Waals surface area contributed by atoms with Crippen LogP contribution in [0.4, 0.5) is 0 Å². The molecule has 1 aromatic carbocycles. The van der Waals surface area contributed by atoms with Gasteiger partial charge in [-0.3, -0.25) is 0 Å². The molecular weight excluding hydrogens is 238 g/mol. The summed E-state index contributed by atoms with van der Waals surface area (Å²) < 4.78 is 5.45. The molecule has 0 heterocycles. The summed E-state index contributed by atoms with van der Waals surface area (Å²) in [5.41, 5.74) is 2.32. The van der Waals surface area contributed by atoms with Crippen LogP contribution in [0.5, 0.6) is 5.75 Å². The fourth-order valence-corrected chi connectivity index (χ4v) is 1.80. The number of nitriles is 1. The first-order valence-electron chi connectivity index (χ1n) is 5.49. The number of hydrogen-bond acceptors (Lipinski definition) is 3. The molecule has 0 radical (unpaired) electrons. The van der Waals surface area contributed by atoms with Gasteiger partial charge >= 0.3 is 0 Å². The number of hydrogen-bond donors (Lipinski definition) is 1. The van der Waals surface area contributed by atoms with Crippen LogP contribution >= 0.6 is 11.6 Å². The Morgan fingerprint density at radius 2 is 2.24 bits per heavy atom. The van der Waals surface area contributed by atoms with Crippen molar-refractivity contribution in [1.82, 2.24) is 0 Å². The Morgan fingerprint density at radius 3 is 2.76 bits per heavy atom. The largest absolute Gasteiger partial charge is 0.491 e. The summed E-state index contributed by atoms with van der Waals surface area (Å²) in [5, 5.41) is 18.4. The molecule has 0 aromatic heterocycles. The van der Waals surface area contributed by atoms with E-state index in [2.05, 4.69) is 6.07 Å². The lowest BCUT2D eigenvalue weighted by Gasteiger charge is -2.12. The first kappa shape index (κ1) is 13.8. The van der Waals surface area contributed by atoms with E-state index >= 15 is 0 Å². The van der Waals surface area contributed by atoms with E-state index in [1.165, 1.54) is 0 Å². The molecule has 4 heteroatoms. The van der Waals surface area contributed by atoms with Gasteiger partial charge in [0.25, 0.3) is 0 Å². The van der Waals surface area contributed by atoms with Crippen LogP contribution in [-0.4, -0.2) is 23.7 Å². The van der Waals surface area contributed by atoms with E-state index in [-0.39, 0.29) is 0 Å². The molecule has 17 heavy (non-hydrogen) atoms. The number of aliphatic hydroxyl groups excluding tert-OH is 1. The number of nitrogens with zero attached hydrogens (tertiary/aromatic N) is 1. The summed E-state index contributed by atoms with van der Waals surface area (Å²) in [6.07, 6.45) is 0.112. The van der Waals surface area contributed by atoms with Crippen LogP contribution in [0.2, 0.25) is 0 Å². The molecule has 1 rings (SSSR count). The lowest BCUT2D eigenvalue weighted by Crippen LogP contribution is -2.07. The summed E-state index contributed by atoms with van der Waals surface area (Å²) >= 11 is 5.56. The van der Waals surface area contributed by atoms with Crippen LogP contribution in [0.1, 0.15) is 23.6 Å². The van der Waals surface area contributed by atoms with Crippen LogP contribution in [0.25, 0.3) is 0 Å². The second-order valence-electron chi connectivity index (χ2n) is 3.99. The standard InChI is InChI=1S/C13H16ClNO2/c1-9-5-11(6-10(2)16)7-12(8-15)13(9)17-4-3-14/h5,7,10,16H,3-4,6H2,1-2H3. The highest BCUT2D eigenvalue weighted by molar-refractivity contribution is 6.18. The van der Waals surface area contributed by atoms with Crippen molar-refractivity contribution in [2.75, 3.05) is 12.5 Å². The second-order valence-corrected chi connectivity index (χ2v) is 4.37. The Kier molecular flexibility index (Phi) is 5.27. The van der Waals surface area contributed by atoms with E-state index in [9.17, 15) is 5.11 Å². The van der Waals surface area contributed by atoms with Gasteiger partial charge in [-0.1, -0.05) is 6.07 Å². The molecule has 0 fully saturated rings. The molecular formula is C13H16ClNO2. The fourth-order valence-electron chi connectivity index (χ4n) is 1.72. The number of benzene rings is 1. The Morgan fingerprint density at radius 1 is 1.53 bits per heavy atom. The van der Waals surface area contributed by atoms with Crippen molar-refractivity contribution < 1.29 is 9.84 Å². The van der Waals surface area contributed by atoms with Gasteiger partial charge in [-0.05, 0) is 37.5 Å². The summed E-state index contributed by atoms with van der Waals surface area (Å²) in [6.45, 7) is 3.99. The van der Waals surface area contributed by atoms with Gasteiger partial charge in [0.2, 0.25) is 0 Å².